The molecule has 0 spiro atoms. The van der Waals surface area contributed by atoms with Gasteiger partial charge in [0.1, 0.15) is 8.07 Å². The topological polar surface area (TPSA) is 36.1 Å². The van der Waals surface area contributed by atoms with E-state index in [0.717, 1.165) is 13.0 Å². The van der Waals surface area contributed by atoms with Crippen molar-refractivity contribution in [2.45, 2.75) is 73.9 Å². The van der Waals surface area contributed by atoms with E-state index in [1.807, 2.05) is 53.8 Å². The lowest BCUT2D eigenvalue weighted by Gasteiger charge is -2.25. The molecule has 3 heterocycles. The predicted octanol–water partition coefficient (Wildman–Crippen LogP) is 9.37. The van der Waals surface area contributed by atoms with Crippen LogP contribution in [-0.4, -0.2) is 14.6 Å². The highest BCUT2D eigenvalue weighted by Gasteiger charge is 2.24. The molecule has 4 heteroatoms. The van der Waals surface area contributed by atoms with Gasteiger partial charge in [-0.3, -0.25) is 0 Å². The minimum atomic E-state index is -1.25. The summed E-state index contributed by atoms with van der Waals surface area (Å²) in [7, 11) is -1.25. The zero-order valence-corrected chi connectivity index (χ0v) is 26.1. The Hall–Kier alpha value is -3.24. The largest absolute Gasteiger partial charge is 0.385 e. The minimum Gasteiger partial charge on any atom is -0.385 e. The van der Waals surface area contributed by atoms with Gasteiger partial charge in [-0.15, -0.1) is 0 Å². The average Bonchev–Trinajstić information content (AvgIpc) is 3.01. The molecule has 0 saturated heterocycles. The van der Waals surface area contributed by atoms with Crippen molar-refractivity contribution in [2.24, 2.45) is 0 Å². The first kappa shape index (κ1) is 32.8. The Labute approximate surface area is 234 Å². The molecule has 3 nitrogen and oxygen atoms in total. The smallest absolute Gasteiger partial charge is 0.108 e. The SMILES string of the molecule is C1=CNc2ccccc2C1.CC.CC.CC.C[Si]1(C)C=CNc2ccccc21.c1ccc2c(c1)CCCN2. The van der Waals surface area contributed by atoms with Crippen LogP contribution in [0.15, 0.2) is 97.0 Å². The lowest BCUT2D eigenvalue weighted by Crippen LogP contribution is -2.43. The monoisotopic (exact) mass is 529 g/mol. The summed E-state index contributed by atoms with van der Waals surface area (Å²) in [5.74, 6) is 0. The van der Waals surface area contributed by atoms with Gasteiger partial charge in [-0.25, -0.2) is 0 Å². The van der Waals surface area contributed by atoms with Crippen molar-refractivity contribution >= 4 is 30.3 Å². The van der Waals surface area contributed by atoms with Gasteiger partial charge in [0.2, 0.25) is 0 Å². The van der Waals surface area contributed by atoms with E-state index in [4.69, 9.17) is 0 Å². The van der Waals surface area contributed by atoms with Crippen molar-refractivity contribution in [3.05, 3.63) is 108 Å². The normalized spacial score (nSPS) is 14.0. The molecule has 0 bridgehead atoms. The highest BCUT2D eigenvalue weighted by atomic mass is 28.3. The van der Waals surface area contributed by atoms with Gasteiger partial charge in [-0.2, -0.15) is 0 Å². The first-order valence-corrected chi connectivity index (χ1v) is 17.6. The standard InChI is InChI=1S/C10H13NSi.C9H11N.C9H9N.3C2H6/c1-12(2)8-7-11-9-5-3-4-6-10(9)12;2*1-2-6-9-8(4-1)5-3-7-10-9;3*1-2/h3-8,11H,1-2H3;1-2,4,6,10H,3,5,7H2;1-4,6-7,10H,5H2;3*1-2H3. The molecule has 0 aliphatic carbocycles. The fourth-order valence-corrected chi connectivity index (χ4v) is 6.24. The van der Waals surface area contributed by atoms with Gasteiger partial charge in [-0.1, -0.05) is 121 Å². The molecule has 0 amide bonds. The second-order valence-electron chi connectivity index (χ2n) is 8.84. The highest BCUT2D eigenvalue weighted by molar-refractivity contribution is 6.95. The van der Waals surface area contributed by atoms with Crippen LogP contribution in [0.4, 0.5) is 17.1 Å². The van der Waals surface area contributed by atoms with Crippen LogP contribution in [0, 0.1) is 0 Å². The number of fused-ring (bicyclic) bond motifs is 3. The number of anilines is 3. The molecule has 0 fully saturated rings. The maximum atomic E-state index is 3.36. The fourth-order valence-electron chi connectivity index (χ4n) is 4.19. The van der Waals surface area contributed by atoms with Gasteiger partial charge >= 0.3 is 0 Å². The molecular formula is C34H51N3Si. The third-order valence-electron chi connectivity index (χ3n) is 6.03. The second kappa shape index (κ2) is 18.9. The Bertz CT molecular complexity index is 1050. The molecule has 0 saturated carbocycles. The molecule has 206 valence electrons. The van der Waals surface area contributed by atoms with Crippen LogP contribution >= 0.6 is 0 Å². The quantitative estimate of drug-likeness (QED) is 0.254. The molecule has 3 aromatic rings. The Morgan fingerprint density at radius 2 is 1.16 bits per heavy atom. The zero-order valence-electron chi connectivity index (χ0n) is 25.1. The van der Waals surface area contributed by atoms with E-state index in [9.17, 15) is 0 Å². The van der Waals surface area contributed by atoms with Gasteiger partial charge in [0.15, 0.2) is 0 Å². The summed E-state index contributed by atoms with van der Waals surface area (Å²) >= 11 is 0. The molecule has 0 unspecified atom stereocenters. The van der Waals surface area contributed by atoms with Crippen molar-refractivity contribution in [3.63, 3.8) is 0 Å². The van der Waals surface area contributed by atoms with Gasteiger partial charge in [-0.05, 0) is 66.2 Å². The van der Waals surface area contributed by atoms with Gasteiger partial charge < -0.3 is 16.0 Å². The van der Waals surface area contributed by atoms with Crippen LogP contribution in [0.3, 0.4) is 0 Å². The predicted molar refractivity (Wildman–Crippen MR) is 177 cm³/mol. The first-order chi connectivity index (χ1) is 18.6. The molecular weight excluding hydrogens is 478 g/mol. The number of benzene rings is 3. The van der Waals surface area contributed by atoms with Crippen LogP contribution < -0.4 is 21.1 Å². The number of aryl methyl sites for hydroxylation is 1. The van der Waals surface area contributed by atoms with Crippen molar-refractivity contribution in [3.8, 4) is 0 Å². The van der Waals surface area contributed by atoms with E-state index in [1.54, 1.807) is 0 Å². The van der Waals surface area contributed by atoms with Crippen LogP contribution in [0.25, 0.3) is 0 Å². The highest BCUT2D eigenvalue weighted by Crippen LogP contribution is 2.20. The molecule has 0 atom stereocenters. The molecule has 3 N–H and O–H groups in total. The number of hydrogen-bond donors (Lipinski definition) is 3. The summed E-state index contributed by atoms with van der Waals surface area (Å²) in [6.07, 6.45) is 9.77. The molecule has 3 aromatic carbocycles. The van der Waals surface area contributed by atoms with Crippen molar-refractivity contribution < 1.29 is 0 Å². The van der Waals surface area contributed by atoms with Crippen molar-refractivity contribution in [1.82, 2.24) is 0 Å². The summed E-state index contributed by atoms with van der Waals surface area (Å²) in [6.45, 7) is 17.9. The van der Waals surface area contributed by atoms with E-state index in [2.05, 4.69) is 114 Å². The van der Waals surface area contributed by atoms with Crippen LogP contribution in [-0.2, 0) is 12.8 Å². The maximum absolute atomic E-state index is 3.36. The van der Waals surface area contributed by atoms with Crippen LogP contribution in [0.2, 0.25) is 13.1 Å². The van der Waals surface area contributed by atoms with Crippen LogP contribution in [0.1, 0.15) is 59.1 Å². The Morgan fingerprint density at radius 1 is 0.605 bits per heavy atom. The number of hydrogen-bond acceptors (Lipinski definition) is 3. The maximum Gasteiger partial charge on any atom is 0.108 e. The lowest BCUT2D eigenvalue weighted by atomic mass is 10.0. The zero-order chi connectivity index (χ0) is 28.2. The fraction of sp³-hybridized carbons (Fsp3) is 0.353. The second-order valence-corrected chi connectivity index (χ2v) is 13.2. The van der Waals surface area contributed by atoms with Crippen molar-refractivity contribution in [1.29, 1.82) is 0 Å². The lowest BCUT2D eigenvalue weighted by molar-refractivity contribution is 0.830. The molecule has 3 aliphatic rings. The number of allylic oxidation sites excluding steroid dienone is 1. The Balaban J connectivity index is 0.000000260. The van der Waals surface area contributed by atoms with Crippen molar-refractivity contribution in [2.75, 3.05) is 22.5 Å². The summed E-state index contributed by atoms with van der Waals surface area (Å²) in [4.78, 5) is 0. The Morgan fingerprint density at radius 3 is 1.79 bits per heavy atom. The first-order valence-electron chi connectivity index (χ1n) is 14.5. The van der Waals surface area contributed by atoms with E-state index in [-0.39, 0.29) is 0 Å². The summed E-state index contributed by atoms with van der Waals surface area (Å²) in [6, 6.07) is 25.5. The molecule has 3 aliphatic heterocycles. The number of rotatable bonds is 0. The van der Waals surface area contributed by atoms with Crippen LogP contribution in [0.5, 0.6) is 0 Å². The van der Waals surface area contributed by atoms with E-state index >= 15 is 0 Å². The summed E-state index contributed by atoms with van der Waals surface area (Å²) in [5, 5.41) is 11.3. The molecule has 0 radical (unpaired) electrons. The third kappa shape index (κ3) is 10.3. The Kier molecular flexibility index (Phi) is 16.3. The molecule has 0 aromatic heterocycles. The minimum absolute atomic E-state index is 1.06. The molecule has 6 rings (SSSR count). The third-order valence-corrected chi connectivity index (χ3v) is 8.85. The van der Waals surface area contributed by atoms with E-state index in [1.165, 1.54) is 46.2 Å². The summed E-state index contributed by atoms with van der Waals surface area (Å²) < 4.78 is 0. The van der Waals surface area contributed by atoms with Gasteiger partial charge in [0.05, 0.1) is 0 Å². The summed E-state index contributed by atoms with van der Waals surface area (Å²) in [5.41, 5.74) is 9.03. The van der Waals surface area contributed by atoms with Gasteiger partial charge in [0, 0.05) is 23.6 Å². The van der Waals surface area contributed by atoms with Gasteiger partial charge in [0.25, 0.3) is 0 Å². The molecule has 38 heavy (non-hydrogen) atoms. The van der Waals surface area contributed by atoms with E-state index in [0.29, 0.717) is 0 Å². The number of para-hydroxylation sites is 3. The number of nitrogens with one attached hydrogen (secondary N) is 3. The average molecular weight is 530 g/mol. The van der Waals surface area contributed by atoms with E-state index < -0.39 is 8.07 Å².